The van der Waals surface area contributed by atoms with Gasteiger partial charge in [0.05, 0.1) is 27.2 Å². The van der Waals surface area contributed by atoms with E-state index in [0.29, 0.717) is 0 Å². The molecular formula is C39H24N4O+2. The smallest absolute Gasteiger partial charge is 0.371 e. The van der Waals surface area contributed by atoms with Gasteiger partial charge in [0.2, 0.25) is 5.52 Å². The zero-order valence-electron chi connectivity index (χ0n) is 24.1. The van der Waals surface area contributed by atoms with E-state index >= 15 is 0 Å². The first kappa shape index (κ1) is 21.9. The third kappa shape index (κ3) is 2.03. The average Bonchev–Trinajstić information content (AvgIpc) is 3.81. The summed E-state index contributed by atoms with van der Waals surface area (Å²) in [6.07, 6.45) is 6.91. The number of pyridine rings is 3. The van der Waals surface area contributed by atoms with Crippen LogP contribution in [-0.2, 0) is 5.66 Å². The fourth-order valence-corrected chi connectivity index (χ4v) is 9.28. The van der Waals surface area contributed by atoms with E-state index < -0.39 is 5.66 Å². The normalized spacial score (nSPS) is 17.1. The SMILES string of the molecule is Cc1cccc(C)c1-c1c[n+]2c3c4c5c(ccc4c4ccccc4n13)Oc1ccc3c4c1C52[n+]1cccc(c2cccn23)c41. The molecule has 0 radical (unpaired) electrons. The van der Waals surface area contributed by atoms with Crippen LogP contribution in [0.4, 0.5) is 0 Å². The fraction of sp³-hybridized carbons (Fsp3) is 0.0769. The van der Waals surface area contributed by atoms with E-state index in [-0.39, 0.29) is 0 Å². The predicted octanol–water partition coefficient (Wildman–Crippen LogP) is 7.69. The highest BCUT2D eigenvalue weighted by atomic mass is 16.5. The van der Waals surface area contributed by atoms with Crippen LogP contribution in [0.5, 0.6) is 11.5 Å². The molecule has 0 saturated heterocycles. The van der Waals surface area contributed by atoms with Crippen LogP contribution < -0.4 is 13.9 Å². The van der Waals surface area contributed by atoms with E-state index in [9.17, 15) is 0 Å². The van der Waals surface area contributed by atoms with Crippen LogP contribution in [-0.4, -0.2) is 8.80 Å². The third-order valence-corrected chi connectivity index (χ3v) is 10.8. The highest BCUT2D eigenvalue weighted by molar-refractivity contribution is 6.17. The Morgan fingerprint density at radius 3 is 2.30 bits per heavy atom. The van der Waals surface area contributed by atoms with E-state index in [1.54, 1.807) is 0 Å². The molecule has 3 aliphatic rings. The number of nitrogens with zero attached hydrogens (tertiary/aromatic N) is 4. The van der Waals surface area contributed by atoms with E-state index in [0.717, 1.165) is 11.5 Å². The second kappa shape index (κ2) is 6.76. The van der Waals surface area contributed by atoms with Gasteiger partial charge in [-0.25, -0.2) is 0 Å². The van der Waals surface area contributed by atoms with Crippen molar-refractivity contribution < 1.29 is 13.9 Å². The highest BCUT2D eigenvalue weighted by Gasteiger charge is 2.67. The van der Waals surface area contributed by atoms with Gasteiger partial charge in [0, 0.05) is 28.6 Å². The van der Waals surface area contributed by atoms with Crippen LogP contribution in [0.2, 0.25) is 0 Å². The first-order chi connectivity index (χ1) is 21.7. The third-order valence-electron chi connectivity index (χ3n) is 10.8. The molecule has 12 rings (SSSR count). The minimum Gasteiger partial charge on any atom is -0.456 e. The molecule has 0 N–H and O–H groups in total. The summed E-state index contributed by atoms with van der Waals surface area (Å²) in [6.45, 7) is 4.47. The second-order valence-corrected chi connectivity index (χ2v) is 12.7. The summed E-state index contributed by atoms with van der Waals surface area (Å²) < 4.78 is 16.9. The molecule has 9 aromatic rings. The zero-order chi connectivity index (χ0) is 28.6. The lowest BCUT2D eigenvalue weighted by Crippen LogP contribution is -2.71. The first-order valence-electron chi connectivity index (χ1n) is 15.3. The van der Waals surface area contributed by atoms with E-state index in [2.05, 4.69) is 141 Å². The topological polar surface area (TPSA) is 25.8 Å². The number of para-hydroxylation sites is 1. The molecular weight excluding hydrogens is 540 g/mol. The van der Waals surface area contributed by atoms with Crippen molar-refractivity contribution in [1.82, 2.24) is 8.80 Å². The van der Waals surface area contributed by atoms with Crippen LogP contribution in [0.25, 0.3) is 65.9 Å². The minimum absolute atomic E-state index is 0.622. The van der Waals surface area contributed by atoms with Crippen LogP contribution in [0.1, 0.15) is 22.3 Å². The van der Waals surface area contributed by atoms with Crippen molar-refractivity contribution in [2.24, 2.45) is 0 Å². The van der Waals surface area contributed by atoms with Gasteiger partial charge >= 0.3 is 11.3 Å². The lowest BCUT2D eigenvalue weighted by molar-refractivity contribution is -0.944. The minimum atomic E-state index is -0.622. The number of rotatable bonds is 1. The maximum Gasteiger partial charge on any atom is 0.371 e. The lowest BCUT2D eigenvalue weighted by Gasteiger charge is -2.28. The fourth-order valence-electron chi connectivity index (χ4n) is 9.28. The molecule has 3 aliphatic heterocycles. The number of hydrogen-bond acceptors (Lipinski definition) is 1. The van der Waals surface area contributed by atoms with Gasteiger partial charge in [0.1, 0.15) is 34.3 Å². The van der Waals surface area contributed by atoms with E-state index in [1.165, 1.54) is 88.2 Å². The summed E-state index contributed by atoms with van der Waals surface area (Å²) in [5, 5.41) is 6.30. The summed E-state index contributed by atoms with van der Waals surface area (Å²) in [7, 11) is 0. The number of aromatic nitrogens is 4. The largest absolute Gasteiger partial charge is 0.456 e. The summed E-state index contributed by atoms with van der Waals surface area (Å²) in [4.78, 5) is 0. The average molecular weight is 565 g/mol. The molecule has 5 heteroatoms. The maximum absolute atomic E-state index is 6.89. The molecule has 1 atom stereocenters. The molecule has 0 aliphatic carbocycles. The number of hydrogen-bond donors (Lipinski definition) is 0. The molecule has 1 spiro atoms. The van der Waals surface area contributed by atoms with Crippen molar-refractivity contribution >= 4 is 54.6 Å². The Labute approximate surface area is 251 Å². The first-order valence-corrected chi connectivity index (χ1v) is 15.3. The van der Waals surface area contributed by atoms with Gasteiger partial charge < -0.3 is 9.14 Å². The Morgan fingerprint density at radius 2 is 1.41 bits per heavy atom. The summed E-state index contributed by atoms with van der Waals surface area (Å²) in [5.41, 5.74) is 13.0. The van der Waals surface area contributed by atoms with Crippen molar-refractivity contribution in [3.63, 3.8) is 0 Å². The standard InChI is InChI=1S/C39H24N4O/c1-21-8-5-9-22(2)32(21)29-20-42-38-33-24(23-10-3-4-12-27(23)43(29)38)14-16-30-35(33)39(42)36-31(44-30)17-15-28-34(36)37-25(11-6-19-41(37)39)26-13-7-18-40(26)28/h3-20H,1-2H3/q+2. The van der Waals surface area contributed by atoms with Gasteiger partial charge in [-0.05, 0) is 73.5 Å². The summed E-state index contributed by atoms with van der Waals surface area (Å²) in [6, 6.07) is 33.3. The van der Waals surface area contributed by atoms with Gasteiger partial charge in [0.25, 0.3) is 0 Å². The highest BCUT2D eigenvalue weighted by Crippen LogP contribution is 2.58. The van der Waals surface area contributed by atoms with Crippen LogP contribution >= 0.6 is 0 Å². The number of fused-ring (bicyclic) bond motifs is 6. The lowest BCUT2D eigenvalue weighted by atomic mass is 9.86. The number of ether oxygens (including phenoxy) is 1. The number of imidazole rings is 1. The Balaban J connectivity index is 1.41. The van der Waals surface area contributed by atoms with Gasteiger partial charge in [-0.3, -0.25) is 0 Å². The maximum atomic E-state index is 6.89. The molecule has 204 valence electrons. The van der Waals surface area contributed by atoms with Crippen molar-refractivity contribution in [2.75, 3.05) is 0 Å². The molecule has 5 aromatic heterocycles. The summed E-state index contributed by atoms with van der Waals surface area (Å²) in [5.74, 6) is 1.86. The van der Waals surface area contributed by atoms with Gasteiger partial charge in [0.15, 0.2) is 11.9 Å². The van der Waals surface area contributed by atoms with Crippen LogP contribution in [0, 0.1) is 13.8 Å². The van der Waals surface area contributed by atoms with Gasteiger partial charge in [-0.2, -0.15) is 8.97 Å². The molecule has 0 amide bonds. The zero-order valence-corrected chi connectivity index (χ0v) is 24.1. The molecule has 44 heavy (non-hydrogen) atoms. The second-order valence-electron chi connectivity index (χ2n) is 12.7. The number of aryl methyl sites for hydroxylation is 2. The quantitative estimate of drug-likeness (QED) is 0.148. The Bertz CT molecular complexity index is 2870. The van der Waals surface area contributed by atoms with E-state index in [4.69, 9.17) is 4.74 Å². The number of benzene rings is 4. The van der Waals surface area contributed by atoms with Gasteiger partial charge in [-0.15, -0.1) is 4.57 Å². The van der Waals surface area contributed by atoms with Crippen molar-refractivity contribution in [3.05, 3.63) is 132 Å². The Kier molecular flexibility index (Phi) is 3.37. The van der Waals surface area contributed by atoms with Crippen molar-refractivity contribution in [3.8, 4) is 22.8 Å². The van der Waals surface area contributed by atoms with Crippen molar-refractivity contribution in [2.45, 2.75) is 19.5 Å². The molecule has 5 nitrogen and oxygen atoms in total. The van der Waals surface area contributed by atoms with Gasteiger partial charge in [-0.1, -0.05) is 36.4 Å². The molecule has 4 aromatic carbocycles. The predicted molar refractivity (Wildman–Crippen MR) is 172 cm³/mol. The molecule has 0 fully saturated rings. The van der Waals surface area contributed by atoms with Crippen molar-refractivity contribution in [1.29, 1.82) is 0 Å². The molecule has 0 saturated carbocycles. The Morgan fingerprint density at radius 1 is 0.636 bits per heavy atom. The summed E-state index contributed by atoms with van der Waals surface area (Å²) >= 11 is 0. The van der Waals surface area contributed by atoms with E-state index in [1.807, 2.05) is 0 Å². The van der Waals surface area contributed by atoms with Crippen LogP contribution in [0.15, 0.2) is 110 Å². The molecule has 0 bridgehead atoms. The Hall–Kier alpha value is -5.68. The monoisotopic (exact) mass is 564 g/mol. The molecule has 8 heterocycles. The molecule has 1 unspecified atom stereocenters. The van der Waals surface area contributed by atoms with Crippen LogP contribution in [0.3, 0.4) is 0 Å².